The molecular formula is C12H17ClN2O3S. The molecule has 106 valence electrons. The summed E-state index contributed by atoms with van der Waals surface area (Å²) in [6.45, 7) is 0. The molecule has 19 heavy (non-hydrogen) atoms. The maximum absolute atomic E-state index is 11.2. The summed E-state index contributed by atoms with van der Waals surface area (Å²) in [7, 11) is -3.43. The Morgan fingerprint density at radius 2 is 2.16 bits per heavy atom. The standard InChI is InChI=1S/C12H17ClN2O3S/c1-19(16,17)18-9-3-4-11(14)10(6-9)8-2-5-12(13)15-7-8/h2,5,7,9-11H,3-4,6,14H2,1H3/t9-,10-,11-/m1/s1. The van der Waals surface area contributed by atoms with Crippen molar-refractivity contribution in [3.05, 3.63) is 29.0 Å². The molecule has 0 unspecified atom stereocenters. The number of hydrogen-bond acceptors (Lipinski definition) is 5. The molecule has 5 nitrogen and oxygen atoms in total. The van der Waals surface area contributed by atoms with Gasteiger partial charge in [0.15, 0.2) is 0 Å². The third-order valence-electron chi connectivity index (χ3n) is 3.34. The van der Waals surface area contributed by atoms with Crippen LogP contribution in [0.4, 0.5) is 0 Å². The van der Waals surface area contributed by atoms with Gasteiger partial charge in [0, 0.05) is 18.2 Å². The average Bonchev–Trinajstić information content (AvgIpc) is 2.31. The van der Waals surface area contributed by atoms with Crippen molar-refractivity contribution in [2.45, 2.75) is 37.3 Å². The molecule has 1 aliphatic carbocycles. The number of hydrogen-bond donors (Lipinski definition) is 1. The number of pyridine rings is 1. The normalized spacial score (nSPS) is 28.3. The summed E-state index contributed by atoms with van der Waals surface area (Å²) in [4.78, 5) is 4.04. The molecule has 1 fully saturated rings. The van der Waals surface area contributed by atoms with E-state index < -0.39 is 10.1 Å². The molecule has 0 amide bonds. The molecule has 3 atom stereocenters. The first kappa shape index (κ1) is 14.7. The fraction of sp³-hybridized carbons (Fsp3) is 0.583. The van der Waals surface area contributed by atoms with Crippen LogP contribution in [0.3, 0.4) is 0 Å². The van der Waals surface area contributed by atoms with E-state index >= 15 is 0 Å². The van der Waals surface area contributed by atoms with Gasteiger partial charge in [0.1, 0.15) is 5.15 Å². The van der Waals surface area contributed by atoms with Gasteiger partial charge in [-0.1, -0.05) is 17.7 Å². The molecule has 0 spiro atoms. The summed E-state index contributed by atoms with van der Waals surface area (Å²) in [5.74, 6) is 0.0465. The van der Waals surface area contributed by atoms with Gasteiger partial charge in [0.25, 0.3) is 10.1 Å². The first-order chi connectivity index (χ1) is 8.85. The van der Waals surface area contributed by atoms with Crippen molar-refractivity contribution in [3.8, 4) is 0 Å². The third-order valence-corrected chi connectivity index (χ3v) is 4.19. The molecule has 2 rings (SSSR count). The van der Waals surface area contributed by atoms with Crippen molar-refractivity contribution >= 4 is 21.7 Å². The van der Waals surface area contributed by atoms with Crippen LogP contribution in [0.2, 0.25) is 5.15 Å². The van der Waals surface area contributed by atoms with Gasteiger partial charge < -0.3 is 5.73 Å². The van der Waals surface area contributed by atoms with Crippen molar-refractivity contribution in [2.24, 2.45) is 5.73 Å². The zero-order chi connectivity index (χ0) is 14.0. The van der Waals surface area contributed by atoms with Crippen molar-refractivity contribution < 1.29 is 12.6 Å². The van der Waals surface area contributed by atoms with Crippen LogP contribution >= 0.6 is 11.6 Å². The monoisotopic (exact) mass is 304 g/mol. The van der Waals surface area contributed by atoms with E-state index in [4.69, 9.17) is 21.5 Å². The molecular weight excluding hydrogens is 288 g/mol. The highest BCUT2D eigenvalue weighted by atomic mass is 35.5. The summed E-state index contributed by atoms with van der Waals surface area (Å²) in [5.41, 5.74) is 7.08. The van der Waals surface area contributed by atoms with E-state index in [1.54, 1.807) is 12.3 Å². The van der Waals surface area contributed by atoms with Crippen molar-refractivity contribution in [2.75, 3.05) is 6.26 Å². The SMILES string of the molecule is CS(=O)(=O)O[C@@H]1CC[C@@H](N)[C@@H](c2ccc(Cl)nc2)C1. The van der Waals surface area contributed by atoms with E-state index in [1.165, 1.54) is 0 Å². The fourth-order valence-electron chi connectivity index (χ4n) is 2.48. The van der Waals surface area contributed by atoms with Crippen LogP contribution < -0.4 is 5.73 Å². The van der Waals surface area contributed by atoms with Crippen LogP contribution in [0.25, 0.3) is 0 Å². The smallest absolute Gasteiger partial charge is 0.264 e. The lowest BCUT2D eigenvalue weighted by Crippen LogP contribution is -2.38. The Bertz CT molecular complexity index is 532. The van der Waals surface area contributed by atoms with Gasteiger partial charge in [-0.05, 0) is 30.9 Å². The molecule has 1 heterocycles. The van der Waals surface area contributed by atoms with Crippen molar-refractivity contribution in [3.63, 3.8) is 0 Å². The van der Waals surface area contributed by atoms with Gasteiger partial charge in [0.2, 0.25) is 0 Å². The molecule has 2 N–H and O–H groups in total. The first-order valence-corrected chi connectivity index (χ1v) is 8.30. The lowest BCUT2D eigenvalue weighted by atomic mass is 9.80. The third kappa shape index (κ3) is 4.14. The highest BCUT2D eigenvalue weighted by Gasteiger charge is 2.31. The van der Waals surface area contributed by atoms with Gasteiger partial charge in [-0.25, -0.2) is 4.98 Å². The van der Waals surface area contributed by atoms with Crippen LogP contribution in [0.15, 0.2) is 18.3 Å². The molecule has 0 aromatic carbocycles. The highest BCUT2D eigenvalue weighted by Crippen LogP contribution is 2.34. The molecule has 0 aliphatic heterocycles. The van der Waals surface area contributed by atoms with E-state index in [1.807, 2.05) is 6.07 Å². The molecule has 1 aromatic rings. The Morgan fingerprint density at radius 3 is 2.74 bits per heavy atom. The topological polar surface area (TPSA) is 82.3 Å². The van der Waals surface area contributed by atoms with E-state index in [-0.39, 0.29) is 18.1 Å². The predicted octanol–water partition coefficient (Wildman–Crippen LogP) is 1.67. The van der Waals surface area contributed by atoms with Crippen LogP contribution in [0.1, 0.15) is 30.7 Å². The zero-order valence-corrected chi connectivity index (χ0v) is 12.2. The maximum atomic E-state index is 11.2. The summed E-state index contributed by atoms with van der Waals surface area (Å²) < 4.78 is 27.4. The Morgan fingerprint density at radius 1 is 1.42 bits per heavy atom. The van der Waals surface area contributed by atoms with E-state index in [9.17, 15) is 8.42 Å². The quantitative estimate of drug-likeness (QED) is 0.678. The van der Waals surface area contributed by atoms with Gasteiger partial charge in [-0.15, -0.1) is 0 Å². The summed E-state index contributed by atoms with van der Waals surface area (Å²) in [6.07, 6.45) is 4.42. The van der Waals surface area contributed by atoms with Gasteiger partial charge in [-0.3, -0.25) is 4.18 Å². The summed E-state index contributed by atoms with van der Waals surface area (Å²) in [6, 6.07) is 3.58. The minimum absolute atomic E-state index is 0.0117. The van der Waals surface area contributed by atoms with Crippen LogP contribution in [-0.2, 0) is 14.3 Å². The Hall–Kier alpha value is -0.690. The van der Waals surface area contributed by atoms with E-state index in [2.05, 4.69) is 4.98 Å². The van der Waals surface area contributed by atoms with E-state index in [0.717, 1.165) is 18.2 Å². The molecule has 1 aromatic heterocycles. The molecule has 0 saturated heterocycles. The van der Waals surface area contributed by atoms with Crippen molar-refractivity contribution in [1.29, 1.82) is 0 Å². The molecule has 1 aliphatic rings. The molecule has 1 saturated carbocycles. The second-order valence-electron chi connectivity index (χ2n) is 4.92. The Labute approximate surface area is 118 Å². The number of rotatable bonds is 3. The average molecular weight is 305 g/mol. The number of aromatic nitrogens is 1. The van der Waals surface area contributed by atoms with Crippen LogP contribution in [0, 0.1) is 0 Å². The number of halogens is 1. The minimum Gasteiger partial charge on any atom is -0.327 e. The fourth-order valence-corrected chi connectivity index (χ4v) is 3.26. The largest absolute Gasteiger partial charge is 0.327 e. The maximum Gasteiger partial charge on any atom is 0.264 e. The van der Waals surface area contributed by atoms with Crippen LogP contribution in [-0.4, -0.2) is 31.8 Å². The summed E-state index contributed by atoms with van der Waals surface area (Å²) >= 11 is 5.76. The predicted molar refractivity (Wildman–Crippen MR) is 73.5 cm³/mol. The van der Waals surface area contributed by atoms with Gasteiger partial charge in [0.05, 0.1) is 12.4 Å². The first-order valence-electron chi connectivity index (χ1n) is 6.10. The van der Waals surface area contributed by atoms with Crippen molar-refractivity contribution in [1.82, 2.24) is 4.98 Å². The minimum atomic E-state index is -3.43. The Kier molecular flexibility index (Phi) is 4.45. The lowest BCUT2D eigenvalue weighted by Gasteiger charge is -2.33. The molecule has 0 radical (unpaired) electrons. The molecule has 0 bridgehead atoms. The van der Waals surface area contributed by atoms with Gasteiger partial charge in [-0.2, -0.15) is 8.42 Å². The lowest BCUT2D eigenvalue weighted by molar-refractivity contribution is 0.142. The van der Waals surface area contributed by atoms with Crippen LogP contribution in [0.5, 0.6) is 0 Å². The van der Waals surface area contributed by atoms with E-state index in [0.29, 0.717) is 18.0 Å². The second kappa shape index (κ2) is 5.75. The zero-order valence-electron chi connectivity index (χ0n) is 10.6. The second-order valence-corrected chi connectivity index (χ2v) is 6.91. The number of nitrogens with two attached hydrogens (primary N) is 1. The van der Waals surface area contributed by atoms with Gasteiger partial charge >= 0.3 is 0 Å². The molecule has 7 heteroatoms. The highest BCUT2D eigenvalue weighted by molar-refractivity contribution is 7.86. The summed E-state index contributed by atoms with van der Waals surface area (Å²) in [5, 5.41) is 0.428. The number of nitrogens with zero attached hydrogens (tertiary/aromatic N) is 1. The Balaban J connectivity index is 2.12.